The first kappa shape index (κ1) is 17.0. The Morgan fingerprint density at radius 2 is 1.88 bits per heavy atom. The summed E-state index contributed by atoms with van der Waals surface area (Å²) in [5.41, 5.74) is 2.50. The Morgan fingerprint density at radius 3 is 2.56 bits per heavy atom. The summed E-state index contributed by atoms with van der Waals surface area (Å²) < 4.78 is 6.78. The molecule has 0 aliphatic carbocycles. The predicted octanol–water partition coefficient (Wildman–Crippen LogP) is 3.51. The second kappa shape index (κ2) is 7.85. The Kier molecular flexibility index (Phi) is 5.36. The Morgan fingerprint density at radius 1 is 1.16 bits per heavy atom. The summed E-state index contributed by atoms with van der Waals surface area (Å²) in [6.45, 7) is 0.553. The number of hydrogen-bond donors (Lipinski definition) is 1. The quantitative estimate of drug-likeness (QED) is 0.736. The lowest BCUT2D eigenvalue weighted by Crippen LogP contribution is -2.25. The van der Waals surface area contributed by atoms with E-state index in [1.165, 1.54) is 0 Å². The van der Waals surface area contributed by atoms with Crippen LogP contribution >= 0.6 is 11.6 Å². The molecule has 0 aliphatic rings. The molecule has 0 bridgehead atoms. The van der Waals surface area contributed by atoms with Crippen LogP contribution < -0.4 is 10.1 Å². The van der Waals surface area contributed by atoms with Gasteiger partial charge in [-0.15, -0.1) is 0 Å². The number of amides is 1. The Bertz CT molecular complexity index is 842. The first-order valence-corrected chi connectivity index (χ1v) is 8.25. The number of ether oxygens (including phenoxy) is 1. The van der Waals surface area contributed by atoms with Crippen LogP contribution in [0.25, 0.3) is 5.69 Å². The van der Waals surface area contributed by atoms with E-state index in [1.807, 2.05) is 36.4 Å². The molecule has 0 aliphatic heterocycles. The summed E-state index contributed by atoms with van der Waals surface area (Å²) >= 11 is 5.88. The van der Waals surface area contributed by atoms with Gasteiger partial charge in [0.2, 0.25) is 0 Å². The van der Waals surface area contributed by atoms with Crippen LogP contribution in [0.5, 0.6) is 5.75 Å². The third-order valence-electron chi connectivity index (χ3n) is 3.79. The zero-order chi connectivity index (χ0) is 17.6. The van der Waals surface area contributed by atoms with Crippen molar-refractivity contribution >= 4 is 17.5 Å². The molecule has 1 N–H and O–H groups in total. The van der Waals surface area contributed by atoms with Crippen molar-refractivity contribution in [3.8, 4) is 11.4 Å². The Balaban J connectivity index is 1.55. The average Bonchev–Trinajstić information content (AvgIpc) is 3.13. The summed E-state index contributed by atoms with van der Waals surface area (Å²) in [6.07, 6.45) is 4.00. The molecular formula is C19H18ClN3O2. The van der Waals surface area contributed by atoms with Gasteiger partial charge in [-0.2, -0.15) is 5.10 Å². The van der Waals surface area contributed by atoms with Crippen molar-refractivity contribution < 1.29 is 9.53 Å². The molecule has 128 valence electrons. The highest BCUT2D eigenvalue weighted by Crippen LogP contribution is 2.14. The minimum Gasteiger partial charge on any atom is -0.497 e. The average molecular weight is 356 g/mol. The zero-order valence-corrected chi connectivity index (χ0v) is 14.5. The van der Waals surface area contributed by atoms with Crippen molar-refractivity contribution in [1.82, 2.24) is 15.1 Å². The molecule has 0 radical (unpaired) electrons. The van der Waals surface area contributed by atoms with Gasteiger partial charge in [0.05, 0.1) is 24.6 Å². The van der Waals surface area contributed by atoms with Crippen LogP contribution in [0.2, 0.25) is 5.02 Å². The highest BCUT2D eigenvalue weighted by Gasteiger charge is 2.09. The monoisotopic (exact) mass is 355 g/mol. The topological polar surface area (TPSA) is 56.1 Å². The summed E-state index contributed by atoms with van der Waals surface area (Å²) in [6, 6.07) is 15.1. The van der Waals surface area contributed by atoms with Gasteiger partial charge < -0.3 is 10.1 Å². The van der Waals surface area contributed by atoms with Crippen molar-refractivity contribution in [2.24, 2.45) is 0 Å². The maximum absolute atomic E-state index is 12.2. The van der Waals surface area contributed by atoms with Crippen molar-refractivity contribution in [3.05, 3.63) is 77.1 Å². The lowest BCUT2D eigenvalue weighted by Gasteiger charge is -2.05. The van der Waals surface area contributed by atoms with Gasteiger partial charge in [0.15, 0.2) is 0 Å². The van der Waals surface area contributed by atoms with Gasteiger partial charge >= 0.3 is 0 Å². The van der Waals surface area contributed by atoms with Crippen LogP contribution in [0.15, 0.2) is 60.9 Å². The van der Waals surface area contributed by atoms with Crippen molar-refractivity contribution in [2.75, 3.05) is 13.7 Å². The lowest BCUT2D eigenvalue weighted by molar-refractivity contribution is 0.0954. The highest BCUT2D eigenvalue weighted by atomic mass is 35.5. The molecule has 0 unspecified atom stereocenters. The van der Waals surface area contributed by atoms with Crippen molar-refractivity contribution in [3.63, 3.8) is 0 Å². The van der Waals surface area contributed by atoms with Crippen LogP contribution in [0, 0.1) is 0 Å². The van der Waals surface area contributed by atoms with Gasteiger partial charge in [0.25, 0.3) is 5.91 Å². The first-order valence-electron chi connectivity index (χ1n) is 7.87. The summed E-state index contributed by atoms with van der Waals surface area (Å²) in [7, 11) is 1.64. The Labute approximate surface area is 151 Å². The number of rotatable bonds is 6. The summed E-state index contributed by atoms with van der Waals surface area (Å²) in [5.74, 6) is 0.677. The third kappa shape index (κ3) is 4.39. The fraction of sp³-hybridized carbons (Fsp3) is 0.158. The van der Waals surface area contributed by atoms with E-state index in [0.29, 0.717) is 17.1 Å². The SMILES string of the molecule is COc1ccc(CCNC(=O)c2cnn(-c3ccc(Cl)cc3)c2)cc1. The van der Waals surface area contributed by atoms with Crippen LogP contribution in [0.3, 0.4) is 0 Å². The number of aromatic nitrogens is 2. The van der Waals surface area contributed by atoms with Crippen LogP contribution in [-0.2, 0) is 6.42 Å². The van der Waals surface area contributed by atoms with E-state index in [4.69, 9.17) is 16.3 Å². The fourth-order valence-corrected chi connectivity index (χ4v) is 2.52. The smallest absolute Gasteiger partial charge is 0.254 e. The number of carbonyl (C=O) groups excluding carboxylic acids is 1. The van der Waals surface area contributed by atoms with E-state index in [9.17, 15) is 4.79 Å². The molecule has 3 aromatic rings. The van der Waals surface area contributed by atoms with Crippen LogP contribution in [0.4, 0.5) is 0 Å². The second-order valence-corrected chi connectivity index (χ2v) is 5.94. The van der Waals surface area contributed by atoms with Crippen LogP contribution in [0.1, 0.15) is 15.9 Å². The van der Waals surface area contributed by atoms with Gasteiger partial charge in [-0.05, 0) is 48.4 Å². The molecule has 0 saturated heterocycles. The minimum absolute atomic E-state index is 0.145. The fourth-order valence-electron chi connectivity index (χ4n) is 2.39. The number of halogens is 1. The standard InChI is InChI=1S/C19H18ClN3O2/c1-25-18-8-2-14(3-9-18)10-11-21-19(24)15-12-22-23(13-15)17-6-4-16(20)5-7-17/h2-9,12-13H,10-11H2,1H3,(H,21,24). The maximum atomic E-state index is 12.2. The molecule has 0 saturated carbocycles. The molecule has 25 heavy (non-hydrogen) atoms. The third-order valence-corrected chi connectivity index (χ3v) is 4.05. The molecule has 0 fully saturated rings. The summed E-state index contributed by atoms with van der Waals surface area (Å²) in [4.78, 5) is 12.2. The number of hydrogen-bond acceptors (Lipinski definition) is 3. The first-order chi connectivity index (χ1) is 12.2. The van der Waals surface area contributed by atoms with Crippen LogP contribution in [-0.4, -0.2) is 29.3 Å². The van der Waals surface area contributed by atoms with E-state index < -0.39 is 0 Å². The number of benzene rings is 2. The van der Waals surface area contributed by atoms with E-state index in [-0.39, 0.29) is 5.91 Å². The predicted molar refractivity (Wildman–Crippen MR) is 97.6 cm³/mol. The van der Waals surface area contributed by atoms with E-state index in [0.717, 1.165) is 23.4 Å². The van der Waals surface area contributed by atoms with E-state index in [2.05, 4.69) is 10.4 Å². The van der Waals surface area contributed by atoms with Crippen molar-refractivity contribution in [1.29, 1.82) is 0 Å². The number of nitrogens with zero attached hydrogens (tertiary/aromatic N) is 2. The molecular weight excluding hydrogens is 338 g/mol. The molecule has 1 heterocycles. The number of methoxy groups -OCH3 is 1. The molecule has 1 aromatic heterocycles. The molecule has 5 nitrogen and oxygen atoms in total. The minimum atomic E-state index is -0.145. The molecule has 2 aromatic carbocycles. The molecule has 1 amide bonds. The Hall–Kier alpha value is -2.79. The van der Waals surface area contributed by atoms with Crippen molar-refractivity contribution in [2.45, 2.75) is 6.42 Å². The molecule has 0 spiro atoms. The maximum Gasteiger partial charge on any atom is 0.254 e. The van der Waals surface area contributed by atoms with Gasteiger partial charge in [-0.25, -0.2) is 4.68 Å². The van der Waals surface area contributed by atoms with E-state index in [1.54, 1.807) is 36.3 Å². The van der Waals surface area contributed by atoms with Gasteiger partial charge in [0, 0.05) is 17.8 Å². The normalized spacial score (nSPS) is 10.5. The van der Waals surface area contributed by atoms with Gasteiger partial charge in [-0.1, -0.05) is 23.7 Å². The molecule has 6 heteroatoms. The second-order valence-electron chi connectivity index (χ2n) is 5.50. The number of nitrogens with one attached hydrogen (secondary N) is 1. The summed E-state index contributed by atoms with van der Waals surface area (Å²) in [5, 5.41) is 7.79. The molecule has 3 rings (SSSR count). The zero-order valence-electron chi connectivity index (χ0n) is 13.8. The largest absolute Gasteiger partial charge is 0.497 e. The van der Waals surface area contributed by atoms with Gasteiger partial charge in [0.1, 0.15) is 5.75 Å². The lowest BCUT2D eigenvalue weighted by atomic mass is 10.1. The van der Waals surface area contributed by atoms with E-state index >= 15 is 0 Å². The molecule has 0 atom stereocenters. The highest BCUT2D eigenvalue weighted by molar-refractivity contribution is 6.30. The number of carbonyl (C=O) groups is 1. The van der Waals surface area contributed by atoms with Gasteiger partial charge in [-0.3, -0.25) is 4.79 Å².